The lowest BCUT2D eigenvalue weighted by Crippen LogP contribution is -2.49. The second-order valence-corrected chi connectivity index (χ2v) is 9.41. The third-order valence-electron chi connectivity index (χ3n) is 6.73. The van der Waals surface area contributed by atoms with Gasteiger partial charge in [0.1, 0.15) is 5.82 Å². The van der Waals surface area contributed by atoms with E-state index in [9.17, 15) is 19.1 Å². The van der Waals surface area contributed by atoms with Crippen molar-refractivity contribution in [3.8, 4) is 11.1 Å². The van der Waals surface area contributed by atoms with Crippen molar-refractivity contribution in [2.75, 3.05) is 38.3 Å². The lowest BCUT2D eigenvalue weighted by atomic mass is 9.80. The first-order valence-corrected chi connectivity index (χ1v) is 11.5. The number of primary amides is 1. The molecule has 2 aromatic carbocycles. The van der Waals surface area contributed by atoms with Crippen LogP contribution in [0.5, 0.6) is 0 Å². The van der Waals surface area contributed by atoms with Crippen LogP contribution in [0, 0.1) is 5.82 Å². The number of fused-ring (bicyclic) bond motifs is 2. The van der Waals surface area contributed by atoms with Crippen LogP contribution in [0.25, 0.3) is 11.1 Å². The number of hydrogen-bond donors (Lipinski definition) is 2. The molecule has 2 aliphatic rings. The lowest BCUT2D eigenvalue weighted by molar-refractivity contribution is -0.118. The highest BCUT2D eigenvalue weighted by atomic mass is 19.1. The number of aliphatic hydroxyl groups is 1. The molecule has 3 N–H and O–H groups in total. The molecule has 9 nitrogen and oxygen atoms in total. The van der Waals surface area contributed by atoms with E-state index in [0.29, 0.717) is 48.0 Å². The van der Waals surface area contributed by atoms with Gasteiger partial charge in [-0.05, 0) is 42.3 Å². The summed E-state index contributed by atoms with van der Waals surface area (Å²) in [5, 5.41) is 9.86. The van der Waals surface area contributed by atoms with Gasteiger partial charge < -0.3 is 25.4 Å². The number of benzene rings is 2. The summed E-state index contributed by atoms with van der Waals surface area (Å²) in [4.78, 5) is 36.3. The van der Waals surface area contributed by atoms with Crippen molar-refractivity contribution in [3.05, 3.63) is 71.3 Å². The molecular weight excluding hydrogens is 465 g/mol. The van der Waals surface area contributed by atoms with Gasteiger partial charge in [-0.1, -0.05) is 12.1 Å². The minimum Gasteiger partial charge on any atom is -0.389 e. The average molecular weight is 492 g/mol. The van der Waals surface area contributed by atoms with E-state index >= 15 is 0 Å². The monoisotopic (exact) mass is 491 g/mol. The fourth-order valence-electron chi connectivity index (χ4n) is 4.73. The predicted molar refractivity (Wildman–Crippen MR) is 130 cm³/mol. The van der Waals surface area contributed by atoms with Crippen molar-refractivity contribution >= 4 is 23.5 Å². The molecule has 1 saturated heterocycles. The van der Waals surface area contributed by atoms with Gasteiger partial charge in [-0.3, -0.25) is 9.59 Å². The Morgan fingerprint density at radius 1 is 1.22 bits per heavy atom. The maximum Gasteiger partial charge on any atom is 0.254 e. The summed E-state index contributed by atoms with van der Waals surface area (Å²) in [6.07, 6.45) is 2.36. The van der Waals surface area contributed by atoms with E-state index in [0.717, 1.165) is 11.3 Å². The van der Waals surface area contributed by atoms with E-state index in [1.54, 1.807) is 43.6 Å². The van der Waals surface area contributed by atoms with Crippen LogP contribution in [0.3, 0.4) is 0 Å². The molecule has 0 unspecified atom stereocenters. The number of likely N-dealkylation sites (N-methyl/N-ethyl adjacent to an activating group) is 1. The maximum atomic E-state index is 14.5. The largest absolute Gasteiger partial charge is 0.389 e. The van der Waals surface area contributed by atoms with Crippen molar-refractivity contribution in [2.24, 2.45) is 5.73 Å². The molecule has 3 heterocycles. The summed E-state index contributed by atoms with van der Waals surface area (Å²) in [7, 11) is 1.52. The van der Waals surface area contributed by atoms with Gasteiger partial charge in [0, 0.05) is 48.4 Å². The van der Waals surface area contributed by atoms with Gasteiger partial charge in [0.05, 0.1) is 31.3 Å². The Morgan fingerprint density at radius 2 is 1.94 bits per heavy atom. The number of amides is 2. The number of halogens is 1. The van der Waals surface area contributed by atoms with Gasteiger partial charge in [0.15, 0.2) is 0 Å². The van der Waals surface area contributed by atoms with Crippen LogP contribution < -0.4 is 10.6 Å². The Balaban J connectivity index is 1.49. The summed E-state index contributed by atoms with van der Waals surface area (Å²) in [5.41, 5.74) is 8.62. The van der Waals surface area contributed by atoms with Crippen LogP contribution in [0.1, 0.15) is 34.5 Å². The molecule has 1 fully saturated rings. The van der Waals surface area contributed by atoms with Crippen molar-refractivity contribution in [3.63, 3.8) is 0 Å². The molecule has 0 bridgehead atoms. The van der Waals surface area contributed by atoms with E-state index in [4.69, 9.17) is 10.5 Å². The smallest absolute Gasteiger partial charge is 0.254 e. The van der Waals surface area contributed by atoms with Crippen LogP contribution in [0.2, 0.25) is 0 Å². The van der Waals surface area contributed by atoms with E-state index < -0.39 is 17.8 Å². The first kappa shape index (κ1) is 23.8. The van der Waals surface area contributed by atoms with E-state index in [-0.39, 0.29) is 17.9 Å². The fraction of sp³-hybridized carbons (Fsp3) is 0.308. The highest BCUT2D eigenvalue weighted by Gasteiger charge is 2.49. The maximum absolute atomic E-state index is 14.5. The number of ether oxygens (including phenoxy) is 1. The summed E-state index contributed by atoms with van der Waals surface area (Å²) in [5.74, 6) is -0.947. The molecule has 36 heavy (non-hydrogen) atoms. The molecule has 3 aromatic rings. The Bertz CT molecular complexity index is 1340. The molecule has 0 saturated carbocycles. The van der Waals surface area contributed by atoms with E-state index in [2.05, 4.69) is 9.97 Å². The summed E-state index contributed by atoms with van der Waals surface area (Å²) < 4.78 is 20.0. The normalized spacial score (nSPS) is 16.4. The molecule has 0 radical (unpaired) electrons. The minimum absolute atomic E-state index is 0.186. The summed E-state index contributed by atoms with van der Waals surface area (Å²) >= 11 is 0. The number of hydrogen-bond acceptors (Lipinski definition) is 7. The lowest BCUT2D eigenvalue weighted by Gasteiger charge is -2.38. The average Bonchev–Trinajstić information content (AvgIpc) is 3.19. The Morgan fingerprint density at radius 3 is 2.56 bits per heavy atom. The van der Waals surface area contributed by atoms with Gasteiger partial charge in [-0.2, -0.15) is 0 Å². The van der Waals surface area contributed by atoms with Gasteiger partial charge in [0.2, 0.25) is 11.9 Å². The van der Waals surface area contributed by atoms with E-state index in [1.165, 1.54) is 18.0 Å². The highest BCUT2D eigenvalue weighted by Crippen LogP contribution is 2.48. The molecule has 0 aliphatic carbocycles. The molecule has 2 amide bonds. The zero-order valence-electron chi connectivity index (χ0n) is 19.9. The zero-order valence-corrected chi connectivity index (χ0v) is 19.9. The SMILES string of the molecule is C[C@H](O)c1ccc(F)c(-c2cnc(N3CC4(COC4)c4ccc(C(=O)N(C)CC(N)=O)cc43)nc2)c1. The van der Waals surface area contributed by atoms with Crippen molar-refractivity contribution in [1.29, 1.82) is 0 Å². The predicted octanol–water partition coefficient (Wildman–Crippen LogP) is 2.31. The Kier molecular flexibility index (Phi) is 5.93. The van der Waals surface area contributed by atoms with Gasteiger partial charge >= 0.3 is 0 Å². The van der Waals surface area contributed by atoms with Gasteiger partial charge in [-0.25, -0.2) is 14.4 Å². The third-order valence-corrected chi connectivity index (χ3v) is 6.73. The number of carbonyl (C=O) groups is 2. The van der Waals surface area contributed by atoms with Crippen LogP contribution in [0.15, 0.2) is 48.8 Å². The Hall–Kier alpha value is -3.89. The summed E-state index contributed by atoms with van der Waals surface area (Å²) in [6.45, 7) is 3.09. The number of carbonyl (C=O) groups excluding carboxylic acids is 2. The molecule has 1 aromatic heterocycles. The number of nitrogens with two attached hydrogens (primary N) is 1. The van der Waals surface area contributed by atoms with Crippen LogP contribution in [-0.4, -0.2) is 65.1 Å². The van der Waals surface area contributed by atoms with Crippen LogP contribution >= 0.6 is 0 Å². The van der Waals surface area contributed by atoms with Crippen LogP contribution in [0.4, 0.5) is 16.0 Å². The first-order chi connectivity index (χ1) is 17.2. The molecule has 186 valence electrons. The zero-order chi connectivity index (χ0) is 25.6. The topological polar surface area (TPSA) is 122 Å². The number of aromatic nitrogens is 2. The standard InChI is InChI=1S/C26H26FN5O4/c1-15(33)16-4-6-21(27)19(7-16)18-9-29-25(30-10-18)32-12-26(13-36-14-26)20-5-3-17(8-22(20)32)24(35)31(2)11-23(28)34/h3-10,15,33H,11-14H2,1-2H3,(H2,28,34)/t15-/m0/s1. The fourth-order valence-corrected chi connectivity index (χ4v) is 4.73. The van der Waals surface area contributed by atoms with Crippen LogP contribution in [-0.2, 0) is 14.9 Å². The first-order valence-electron chi connectivity index (χ1n) is 11.5. The summed E-state index contributed by atoms with van der Waals surface area (Å²) in [6, 6.07) is 9.87. The number of nitrogens with zero attached hydrogens (tertiary/aromatic N) is 4. The van der Waals surface area contributed by atoms with Crippen molar-refractivity contribution in [1.82, 2.24) is 14.9 Å². The second-order valence-electron chi connectivity index (χ2n) is 9.41. The number of aliphatic hydroxyl groups excluding tert-OH is 1. The molecule has 5 rings (SSSR count). The quantitative estimate of drug-likeness (QED) is 0.543. The number of anilines is 2. The van der Waals surface area contributed by atoms with E-state index in [1.807, 2.05) is 11.0 Å². The molecule has 10 heteroatoms. The van der Waals surface area contributed by atoms with Gasteiger partial charge in [0.25, 0.3) is 5.91 Å². The molecular formula is C26H26FN5O4. The number of rotatable bonds is 6. The molecule has 1 atom stereocenters. The van der Waals surface area contributed by atoms with Crippen molar-refractivity contribution in [2.45, 2.75) is 18.4 Å². The van der Waals surface area contributed by atoms with Gasteiger partial charge in [-0.15, -0.1) is 0 Å². The third kappa shape index (κ3) is 4.08. The minimum atomic E-state index is -0.731. The Labute approximate surface area is 207 Å². The highest BCUT2D eigenvalue weighted by molar-refractivity contribution is 5.97. The molecule has 2 aliphatic heterocycles. The molecule has 1 spiro atoms. The second kappa shape index (κ2) is 8.96. The van der Waals surface area contributed by atoms with Crippen molar-refractivity contribution < 1.29 is 23.8 Å².